The van der Waals surface area contributed by atoms with E-state index in [1.165, 1.54) is 5.38 Å². The number of carbonyl (C=O) groups excluding carboxylic acids is 1. The summed E-state index contributed by atoms with van der Waals surface area (Å²) >= 11 is 1.16. The van der Waals surface area contributed by atoms with Crippen LogP contribution < -0.4 is 5.73 Å². The first-order valence-electron chi connectivity index (χ1n) is 5.25. The van der Waals surface area contributed by atoms with E-state index < -0.39 is 30.9 Å². The quantitative estimate of drug-likeness (QED) is 0.658. The van der Waals surface area contributed by atoms with Gasteiger partial charge >= 0.3 is 11.9 Å². The highest BCUT2D eigenvalue weighted by molar-refractivity contribution is 7.09. The van der Waals surface area contributed by atoms with Gasteiger partial charge in [-0.1, -0.05) is 0 Å². The van der Waals surface area contributed by atoms with Crippen molar-refractivity contribution >= 4 is 29.2 Å². The molecule has 1 aromatic heterocycles. The number of thiazole rings is 1. The standard InChI is InChI=1S/C10H13N3O5S/c1-5(11)9-12-6(4-19-9)10(18)13(2-7(14)15)3-8(16)17/h4-5H,2-3,11H2,1H3,(H,14,15)(H,16,17). The van der Waals surface area contributed by atoms with Crippen molar-refractivity contribution in [3.8, 4) is 0 Å². The average molecular weight is 287 g/mol. The second-order valence-electron chi connectivity index (χ2n) is 3.81. The topological polar surface area (TPSA) is 134 Å². The summed E-state index contributed by atoms with van der Waals surface area (Å²) < 4.78 is 0. The Morgan fingerprint density at radius 2 is 1.89 bits per heavy atom. The largest absolute Gasteiger partial charge is 0.480 e. The molecule has 0 saturated carbocycles. The first-order chi connectivity index (χ1) is 8.81. The summed E-state index contributed by atoms with van der Waals surface area (Å²) in [6.45, 7) is 0.297. The zero-order chi connectivity index (χ0) is 14.6. The molecule has 0 spiro atoms. The van der Waals surface area contributed by atoms with E-state index >= 15 is 0 Å². The van der Waals surface area contributed by atoms with Gasteiger partial charge in [-0.2, -0.15) is 0 Å². The maximum absolute atomic E-state index is 12.0. The lowest BCUT2D eigenvalue weighted by atomic mass is 10.3. The van der Waals surface area contributed by atoms with Crippen molar-refractivity contribution in [2.45, 2.75) is 13.0 Å². The number of nitrogens with two attached hydrogens (primary N) is 1. The number of carboxylic acid groups (broad SMARTS) is 2. The van der Waals surface area contributed by atoms with Crippen molar-refractivity contribution in [1.82, 2.24) is 9.88 Å². The van der Waals surface area contributed by atoms with Crippen LogP contribution in [0.15, 0.2) is 5.38 Å². The summed E-state index contributed by atoms with van der Waals surface area (Å²) in [6.07, 6.45) is 0. The highest BCUT2D eigenvalue weighted by Crippen LogP contribution is 2.17. The number of rotatable bonds is 6. The van der Waals surface area contributed by atoms with Crippen molar-refractivity contribution in [3.05, 3.63) is 16.1 Å². The first kappa shape index (κ1) is 15.1. The van der Waals surface area contributed by atoms with Crippen molar-refractivity contribution in [3.63, 3.8) is 0 Å². The molecule has 0 aromatic carbocycles. The van der Waals surface area contributed by atoms with Crippen molar-refractivity contribution < 1.29 is 24.6 Å². The summed E-state index contributed by atoms with van der Waals surface area (Å²) in [5.41, 5.74) is 5.60. The molecule has 19 heavy (non-hydrogen) atoms. The van der Waals surface area contributed by atoms with Crippen LogP contribution in [-0.4, -0.2) is 51.0 Å². The second-order valence-corrected chi connectivity index (χ2v) is 4.70. The SMILES string of the molecule is CC(N)c1nc(C(=O)N(CC(=O)O)CC(=O)O)cs1. The maximum Gasteiger partial charge on any atom is 0.323 e. The summed E-state index contributed by atoms with van der Waals surface area (Å²) in [5, 5.41) is 19.3. The number of hydrogen-bond acceptors (Lipinski definition) is 6. The molecule has 1 heterocycles. The van der Waals surface area contributed by atoms with E-state index in [2.05, 4.69) is 4.98 Å². The van der Waals surface area contributed by atoms with Gasteiger partial charge in [0.15, 0.2) is 0 Å². The third-order valence-corrected chi connectivity index (χ3v) is 3.12. The van der Waals surface area contributed by atoms with Crippen LogP contribution in [0.5, 0.6) is 0 Å². The van der Waals surface area contributed by atoms with Gasteiger partial charge in [-0.15, -0.1) is 11.3 Å². The Kier molecular flexibility index (Phi) is 4.95. The Hall–Kier alpha value is -2.00. The third-order valence-electron chi connectivity index (χ3n) is 2.07. The van der Waals surface area contributed by atoms with Crippen molar-refractivity contribution in [1.29, 1.82) is 0 Å². The maximum atomic E-state index is 12.0. The highest BCUT2D eigenvalue weighted by Gasteiger charge is 2.23. The van der Waals surface area contributed by atoms with Crippen LogP contribution >= 0.6 is 11.3 Å². The van der Waals surface area contributed by atoms with Gasteiger partial charge in [0, 0.05) is 5.38 Å². The number of carbonyl (C=O) groups is 3. The second kappa shape index (κ2) is 6.25. The van der Waals surface area contributed by atoms with E-state index in [-0.39, 0.29) is 11.7 Å². The van der Waals surface area contributed by atoms with Crippen LogP contribution in [0.25, 0.3) is 0 Å². The van der Waals surface area contributed by atoms with Gasteiger partial charge in [-0.25, -0.2) is 4.98 Å². The highest BCUT2D eigenvalue weighted by atomic mass is 32.1. The lowest BCUT2D eigenvalue weighted by molar-refractivity contribution is -0.140. The van der Waals surface area contributed by atoms with Gasteiger partial charge in [0.25, 0.3) is 5.91 Å². The molecule has 4 N–H and O–H groups in total. The molecular formula is C10H13N3O5S. The van der Waals surface area contributed by atoms with Crippen LogP contribution in [0, 0.1) is 0 Å². The summed E-state index contributed by atoms with van der Waals surface area (Å²) in [5.74, 6) is -3.33. The van der Waals surface area contributed by atoms with Gasteiger partial charge in [-0.3, -0.25) is 14.4 Å². The summed E-state index contributed by atoms with van der Waals surface area (Å²) in [4.78, 5) is 37.8. The predicted molar refractivity (Wildman–Crippen MR) is 65.9 cm³/mol. The molecule has 1 amide bonds. The molecule has 0 aliphatic carbocycles. The number of carboxylic acids is 2. The number of nitrogens with zero attached hydrogens (tertiary/aromatic N) is 2. The molecule has 0 radical (unpaired) electrons. The third kappa shape index (κ3) is 4.30. The first-order valence-corrected chi connectivity index (χ1v) is 6.13. The Morgan fingerprint density at radius 1 is 1.37 bits per heavy atom. The number of amides is 1. The zero-order valence-electron chi connectivity index (χ0n) is 10.1. The van der Waals surface area contributed by atoms with Crippen LogP contribution in [-0.2, 0) is 9.59 Å². The van der Waals surface area contributed by atoms with E-state index in [9.17, 15) is 14.4 Å². The van der Waals surface area contributed by atoms with Crippen molar-refractivity contribution in [2.24, 2.45) is 5.73 Å². The fraction of sp³-hybridized carbons (Fsp3) is 0.400. The Labute approximate surface area is 112 Å². The van der Waals surface area contributed by atoms with E-state index in [1.54, 1.807) is 6.92 Å². The minimum atomic E-state index is -1.29. The molecule has 9 heteroatoms. The fourth-order valence-electron chi connectivity index (χ4n) is 1.28. The molecule has 1 atom stereocenters. The van der Waals surface area contributed by atoms with E-state index in [4.69, 9.17) is 15.9 Å². The molecule has 0 aliphatic heterocycles. The molecular weight excluding hydrogens is 274 g/mol. The minimum absolute atomic E-state index is 0.000185. The van der Waals surface area contributed by atoms with Crippen LogP contribution in [0.3, 0.4) is 0 Å². The smallest absolute Gasteiger partial charge is 0.323 e. The van der Waals surface area contributed by atoms with E-state index in [0.29, 0.717) is 9.91 Å². The van der Waals surface area contributed by atoms with Gasteiger partial charge in [0.2, 0.25) is 0 Å². The van der Waals surface area contributed by atoms with Crippen molar-refractivity contribution in [2.75, 3.05) is 13.1 Å². The van der Waals surface area contributed by atoms with Crippen LogP contribution in [0.4, 0.5) is 0 Å². The molecule has 1 rings (SSSR count). The minimum Gasteiger partial charge on any atom is -0.480 e. The Morgan fingerprint density at radius 3 is 2.26 bits per heavy atom. The van der Waals surface area contributed by atoms with Gasteiger partial charge in [-0.05, 0) is 6.92 Å². The number of aromatic nitrogens is 1. The Balaban J connectivity index is 2.90. The van der Waals surface area contributed by atoms with Crippen LogP contribution in [0.1, 0.15) is 28.5 Å². The predicted octanol–water partition coefficient (Wildman–Crippen LogP) is -0.226. The molecule has 1 unspecified atom stereocenters. The van der Waals surface area contributed by atoms with Crippen LogP contribution in [0.2, 0.25) is 0 Å². The number of aliphatic carboxylic acids is 2. The molecule has 0 bridgehead atoms. The zero-order valence-corrected chi connectivity index (χ0v) is 10.9. The molecule has 8 nitrogen and oxygen atoms in total. The Bertz CT molecular complexity index is 483. The van der Waals surface area contributed by atoms with E-state index in [1.807, 2.05) is 0 Å². The molecule has 0 fully saturated rings. The summed E-state index contributed by atoms with van der Waals surface area (Å²) in [6, 6.07) is -0.348. The molecule has 1 aromatic rings. The van der Waals surface area contributed by atoms with E-state index in [0.717, 1.165) is 11.3 Å². The lowest BCUT2D eigenvalue weighted by Gasteiger charge is -2.16. The van der Waals surface area contributed by atoms with Gasteiger partial charge < -0.3 is 20.8 Å². The fourth-order valence-corrected chi connectivity index (χ4v) is 2.03. The monoisotopic (exact) mass is 287 g/mol. The number of hydrogen-bond donors (Lipinski definition) is 3. The lowest BCUT2D eigenvalue weighted by Crippen LogP contribution is -2.39. The van der Waals surface area contributed by atoms with Gasteiger partial charge in [0.1, 0.15) is 23.8 Å². The van der Waals surface area contributed by atoms with Gasteiger partial charge in [0.05, 0.1) is 6.04 Å². The molecule has 104 valence electrons. The molecule has 0 saturated heterocycles. The normalized spacial score (nSPS) is 11.9. The molecule has 0 aliphatic rings. The summed E-state index contributed by atoms with van der Waals surface area (Å²) in [7, 11) is 0. The average Bonchev–Trinajstić information content (AvgIpc) is 2.75.